The van der Waals surface area contributed by atoms with Gasteiger partial charge in [-0.1, -0.05) is 11.8 Å². The van der Waals surface area contributed by atoms with E-state index in [1.54, 1.807) is 27.4 Å². The van der Waals surface area contributed by atoms with Crippen LogP contribution in [0.3, 0.4) is 0 Å². The van der Waals surface area contributed by atoms with Gasteiger partial charge in [0.25, 0.3) is 0 Å². The largest absolute Gasteiger partial charge is 0.380 e. The molecule has 0 heterocycles. The predicted molar refractivity (Wildman–Crippen MR) is 59.0 cm³/mol. The summed E-state index contributed by atoms with van der Waals surface area (Å²) in [6, 6.07) is 0. The summed E-state index contributed by atoms with van der Waals surface area (Å²) in [4.78, 5) is 11.6. The fourth-order valence-electron chi connectivity index (χ4n) is 1.56. The molecule has 0 radical (unpaired) electrons. The summed E-state index contributed by atoms with van der Waals surface area (Å²) in [6.45, 7) is 0.628. The van der Waals surface area contributed by atoms with Gasteiger partial charge >= 0.3 is 0 Å². The highest BCUT2D eigenvalue weighted by atomic mass is 16.5. The number of carbonyl (C=O) groups is 1. The van der Waals surface area contributed by atoms with E-state index in [-0.39, 0.29) is 12.2 Å². The number of carbonyl (C=O) groups excluding carboxylic acids is 1. The lowest BCUT2D eigenvalue weighted by atomic mass is 10.0. The predicted octanol–water partition coefficient (Wildman–Crippen LogP) is 0.567. The Balaban J connectivity index is 2.84. The third-order valence-corrected chi connectivity index (χ3v) is 2.37. The second kappa shape index (κ2) is 5.80. The summed E-state index contributed by atoms with van der Waals surface area (Å²) in [5, 5.41) is 0. The number of rotatable bonds is 4. The van der Waals surface area contributed by atoms with Crippen LogP contribution in [0.15, 0.2) is 11.6 Å². The Morgan fingerprint density at radius 3 is 2.69 bits per heavy atom. The monoisotopic (exact) mass is 224 g/mol. The molecule has 0 unspecified atom stereocenters. The highest BCUT2D eigenvalue weighted by Gasteiger charge is 2.36. The van der Waals surface area contributed by atoms with Crippen LogP contribution in [0.1, 0.15) is 6.42 Å². The van der Waals surface area contributed by atoms with Crippen molar-refractivity contribution in [1.29, 1.82) is 0 Å². The van der Waals surface area contributed by atoms with Crippen molar-refractivity contribution in [3.05, 3.63) is 11.6 Å². The van der Waals surface area contributed by atoms with Gasteiger partial charge in [0, 0.05) is 26.9 Å². The first kappa shape index (κ1) is 12.9. The minimum atomic E-state index is -0.802. The molecule has 0 fully saturated rings. The zero-order valence-electron chi connectivity index (χ0n) is 9.83. The Bertz CT molecular complexity index is 348. The minimum Gasteiger partial charge on any atom is -0.380 e. The number of ketones is 1. The number of ether oxygens (including phenoxy) is 3. The smallest absolute Gasteiger partial charge is 0.165 e. The molecule has 0 saturated carbocycles. The van der Waals surface area contributed by atoms with Gasteiger partial charge in [-0.05, 0) is 6.08 Å². The molecule has 0 amide bonds. The first-order chi connectivity index (χ1) is 7.67. The van der Waals surface area contributed by atoms with Gasteiger partial charge < -0.3 is 14.2 Å². The van der Waals surface area contributed by atoms with Crippen LogP contribution < -0.4 is 0 Å². The molecule has 0 aliphatic heterocycles. The molecular formula is C12H16O4. The summed E-state index contributed by atoms with van der Waals surface area (Å²) < 4.78 is 15.1. The quantitative estimate of drug-likeness (QED) is 0.655. The number of hydrogen-bond donors (Lipinski definition) is 0. The van der Waals surface area contributed by atoms with E-state index in [9.17, 15) is 4.79 Å². The highest BCUT2D eigenvalue weighted by Crippen LogP contribution is 2.28. The lowest BCUT2D eigenvalue weighted by Crippen LogP contribution is -2.25. The molecule has 1 aliphatic carbocycles. The second-order valence-electron chi connectivity index (χ2n) is 3.53. The van der Waals surface area contributed by atoms with Crippen molar-refractivity contribution in [2.75, 3.05) is 34.5 Å². The SMILES string of the molecule is COCC#C[C@@]1(OC)C=C(COC)C(=O)C1. The average Bonchev–Trinajstić information content (AvgIpc) is 2.58. The zero-order chi connectivity index (χ0) is 12.0. The average molecular weight is 224 g/mol. The van der Waals surface area contributed by atoms with Crippen LogP contribution in [-0.2, 0) is 19.0 Å². The van der Waals surface area contributed by atoms with E-state index >= 15 is 0 Å². The minimum absolute atomic E-state index is 0.0235. The van der Waals surface area contributed by atoms with Crippen molar-refractivity contribution in [3.63, 3.8) is 0 Å². The van der Waals surface area contributed by atoms with Gasteiger partial charge in [-0.25, -0.2) is 0 Å². The topological polar surface area (TPSA) is 44.8 Å². The van der Waals surface area contributed by atoms with Crippen molar-refractivity contribution < 1.29 is 19.0 Å². The van der Waals surface area contributed by atoms with Crippen LogP contribution in [0.2, 0.25) is 0 Å². The molecule has 0 N–H and O–H groups in total. The van der Waals surface area contributed by atoms with Gasteiger partial charge in [-0.3, -0.25) is 4.79 Å². The first-order valence-corrected chi connectivity index (χ1v) is 4.95. The van der Waals surface area contributed by atoms with Gasteiger partial charge in [0.1, 0.15) is 6.61 Å². The lowest BCUT2D eigenvalue weighted by molar-refractivity contribution is -0.117. The Labute approximate surface area is 95.6 Å². The molecule has 4 heteroatoms. The molecule has 16 heavy (non-hydrogen) atoms. The van der Waals surface area contributed by atoms with Gasteiger partial charge in [0.05, 0.1) is 13.0 Å². The molecule has 0 aromatic carbocycles. The lowest BCUT2D eigenvalue weighted by Gasteiger charge is -2.17. The third-order valence-electron chi connectivity index (χ3n) is 2.37. The molecule has 88 valence electrons. The Morgan fingerprint density at radius 2 is 2.12 bits per heavy atom. The molecule has 0 aromatic heterocycles. The van der Waals surface area contributed by atoms with E-state index in [1.165, 1.54) is 0 Å². The molecule has 1 atom stereocenters. The Kier molecular flexibility index (Phi) is 4.69. The summed E-state index contributed by atoms with van der Waals surface area (Å²) in [5.74, 6) is 5.76. The van der Waals surface area contributed by atoms with Crippen LogP contribution >= 0.6 is 0 Å². The third kappa shape index (κ3) is 2.92. The zero-order valence-corrected chi connectivity index (χ0v) is 9.83. The molecule has 4 nitrogen and oxygen atoms in total. The van der Waals surface area contributed by atoms with E-state index in [2.05, 4.69) is 11.8 Å². The van der Waals surface area contributed by atoms with Crippen molar-refractivity contribution in [1.82, 2.24) is 0 Å². The second-order valence-corrected chi connectivity index (χ2v) is 3.53. The van der Waals surface area contributed by atoms with E-state index in [1.807, 2.05) is 0 Å². The van der Waals surface area contributed by atoms with Crippen molar-refractivity contribution in [2.45, 2.75) is 12.0 Å². The van der Waals surface area contributed by atoms with Crippen molar-refractivity contribution in [3.8, 4) is 11.8 Å². The number of methoxy groups -OCH3 is 3. The Hall–Kier alpha value is -1.15. The molecule has 1 aliphatic rings. The van der Waals surface area contributed by atoms with Crippen LogP contribution in [0, 0.1) is 11.8 Å². The normalized spacial score (nSPS) is 23.9. The van der Waals surface area contributed by atoms with Crippen molar-refractivity contribution in [2.24, 2.45) is 0 Å². The van der Waals surface area contributed by atoms with Crippen LogP contribution in [-0.4, -0.2) is 45.9 Å². The van der Waals surface area contributed by atoms with Gasteiger partial charge in [0.2, 0.25) is 0 Å². The van der Waals surface area contributed by atoms with Crippen LogP contribution in [0.5, 0.6) is 0 Å². The van der Waals surface area contributed by atoms with Gasteiger partial charge in [-0.2, -0.15) is 0 Å². The maximum absolute atomic E-state index is 11.6. The summed E-state index contributed by atoms with van der Waals surface area (Å²) in [5.41, 5.74) is -0.181. The molecule has 0 aromatic rings. The van der Waals surface area contributed by atoms with Crippen LogP contribution in [0.4, 0.5) is 0 Å². The summed E-state index contributed by atoms with van der Waals surface area (Å²) in [6.07, 6.45) is 1.99. The summed E-state index contributed by atoms with van der Waals surface area (Å²) in [7, 11) is 4.67. The molecule has 0 saturated heterocycles. The fraction of sp³-hybridized carbons (Fsp3) is 0.583. The van der Waals surface area contributed by atoms with Gasteiger partial charge in [0.15, 0.2) is 11.4 Å². The highest BCUT2D eigenvalue weighted by molar-refractivity contribution is 6.00. The Morgan fingerprint density at radius 1 is 1.38 bits per heavy atom. The number of hydrogen-bond acceptors (Lipinski definition) is 4. The maximum atomic E-state index is 11.6. The van der Waals surface area contributed by atoms with E-state index < -0.39 is 5.60 Å². The van der Waals surface area contributed by atoms with Crippen molar-refractivity contribution >= 4 is 5.78 Å². The number of Topliss-reactive ketones (excluding diaryl/α,β-unsaturated/α-hetero) is 1. The van der Waals surface area contributed by atoms with Crippen LogP contribution in [0.25, 0.3) is 0 Å². The van der Waals surface area contributed by atoms with Gasteiger partial charge in [-0.15, -0.1) is 0 Å². The molecular weight excluding hydrogens is 208 g/mol. The summed E-state index contributed by atoms with van der Waals surface area (Å²) >= 11 is 0. The fourth-order valence-corrected chi connectivity index (χ4v) is 1.56. The maximum Gasteiger partial charge on any atom is 0.165 e. The van der Waals surface area contributed by atoms with E-state index in [0.29, 0.717) is 18.8 Å². The first-order valence-electron chi connectivity index (χ1n) is 4.95. The van der Waals surface area contributed by atoms with E-state index in [4.69, 9.17) is 14.2 Å². The van der Waals surface area contributed by atoms with E-state index in [0.717, 1.165) is 0 Å². The molecule has 1 rings (SSSR count). The molecule has 0 spiro atoms. The standard InChI is InChI=1S/C12H16O4/c1-14-6-4-5-12(16-3)7-10(9-15-2)11(13)8-12/h7H,6,8-9H2,1-3H3/t12-/m1/s1. The molecule has 0 bridgehead atoms.